The van der Waals surface area contributed by atoms with Gasteiger partial charge in [0.05, 0.1) is 24.6 Å². The second-order valence-electron chi connectivity index (χ2n) is 5.88. The topological polar surface area (TPSA) is 108 Å². The first-order valence-corrected chi connectivity index (χ1v) is 9.44. The van der Waals surface area contributed by atoms with E-state index in [9.17, 15) is 18.5 Å². The van der Waals surface area contributed by atoms with Gasteiger partial charge < -0.3 is 14.2 Å². The quantitative estimate of drug-likeness (QED) is 0.545. The summed E-state index contributed by atoms with van der Waals surface area (Å²) in [5.41, 5.74) is -0.255. The first kappa shape index (κ1) is 18.9. The molecule has 1 aliphatic rings. The Balaban J connectivity index is 1.80. The van der Waals surface area contributed by atoms with Gasteiger partial charge in [0.2, 0.25) is 10.0 Å². The van der Waals surface area contributed by atoms with Gasteiger partial charge in [-0.15, -0.1) is 0 Å². The van der Waals surface area contributed by atoms with Crippen molar-refractivity contribution in [3.05, 3.63) is 52.6 Å². The number of benzene rings is 2. The summed E-state index contributed by atoms with van der Waals surface area (Å²) in [6.45, 7) is 0.241. The van der Waals surface area contributed by atoms with Gasteiger partial charge in [-0.1, -0.05) is 12.1 Å². The SMILES string of the molecule is COc1cc([N+](=O)[O-])ccc1S(=O)(=O)N(C)CC1COc2ccccc2O1. The zero-order valence-electron chi connectivity index (χ0n) is 14.7. The van der Waals surface area contributed by atoms with Crippen molar-refractivity contribution >= 4 is 15.7 Å². The average molecular weight is 394 g/mol. The highest BCUT2D eigenvalue weighted by atomic mass is 32.2. The smallest absolute Gasteiger partial charge is 0.273 e. The molecule has 2 aromatic rings. The molecule has 10 heteroatoms. The van der Waals surface area contributed by atoms with Gasteiger partial charge >= 0.3 is 0 Å². The molecule has 3 rings (SSSR count). The number of rotatable bonds is 6. The molecule has 0 fully saturated rings. The molecule has 1 aliphatic heterocycles. The average Bonchev–Trinajstić information content (AvgIpc) is 2.67. The molecule has 0 amide bonds. The Morgan fingerprint density at radius 1 is 1.26 bits per heavy atom. The van der Waals surface area contributed by atoms with E-state index in [1.165, 1.54) is 14.2 Å². The maximum atomic E-state index is 12.9. The Morgan fingerprint density at radius 3 is 2.63 bits per heavy atom. The van der Waals surface area contributed by atoms with Crippen LogP contribution in [0.1, 0.15) is 0 Å². The second-order valence-corrected chi connectivity index (χ2v) is 7.89. The minimum atomic E-state index is -3.95. The lowest BCUT2D eigenvalue weighted by atomic mass is 10.2. The van der Waals surface area contributed by atoms with Gasteiger partial charge in [-0.2, -0.15) is 4.31 Å². The van der Waals surface area contributed by atoms with E-state index in [0.717, 1.165) is 22.5 Å². The van der Waals surface area contributed by atoms with Gasteiger partial charge in [0.25, 0.3) is 5.69 Å². The van der Waals surface area contributed by atoms with E-state index in [4.69, 9.17) is 14.2 Å². The van der Waals surface area contributed by atoms with Gasteiger partial charge in [0.15, 0.2) is 11.5 Å². The third-order valence-corrected chi connectivity index (χ3v) is 5.94. The van der Waals surface area contributed by atoms with E-state index in [1.54, 1.807) is 18.2 Å². The van der Waals surface area contributed by atoms with Crippen molar-refractivity contribution in [3.63, 3.8) is 0 Å². The van der Waals surface area contributed by atoms with E-state index >= 15 is 0 Å². The molecule has 27 heavy (non-hydrogen) atoms. The van der Waals surface area contributed by atoms with Crippen molar-refractivity contribution in [3.8, 4) is 17.2 Å². The fourth-order valence-corrected chi connectivity index (χ4v) is 4.02. The highest BCUT2D eigenvalue weighted by Crippen LogP contribution is 2.33. The fraction of sp³-hybridized carbons (Fsp3) is 0.294. The predicted molar refractivity (Wildman–Crippen MR) is 95.8 cm³/mol. The molecule has 0 N–H and O–H groups in total. The van der Waals surface area contributed by atoms with Gasteiger partial charge in [0, 0.05) is 13.1 Å². The van der Waals surface area contributed by atoms with E-state index in [0.29, 0.717) is 11.5 Å². The predicted octanol–water partition coefficient (Wildman–Crippen LogP) is 2.06. The van der Waals surface area contributed by atoms with Crippen molar-refractivity contribution in [1.82, 2.24) is 4.31 Å². The molecule has 1 unspecified atom stereocenters. The van der Waals surface area contributed by atoms with Crippen LogP contribution >= 0.6 is 0 Å². The summed E-state index contributed by atoms with van der Waals surface area (Å²) < 4.78 is 43.3. The first-order valence-electron chi connectivity index (χ1n) is 8.00. The van der Waals surface area contributed by atoms with Crippen LogP contribution in [0.3, 0.4) is 0 Å². The number of nitro groups is 1. The third-order valence-electron chi connectivity index (χ3n) is 4.07. The van der Waals surface area contributed by atoms with Gasteiger partial charge in [-0.25, -0.2) is 8.42 Å². The number of ether oxygens (including phenoxy) is 3. The van der Waals surface area contributed by atoms with Crippen LogP contribution in [0.5, 0.6) is 17.2 Å². The number of nitro benzene ring substituents is 1. The summed E-state index contributed by atoms with van der Waals surface area (Å²) in [5, 5.41) is 10.9. The molecule has 2 aromatic carbocycles. The molecule has 0 spiro atoms. The number of nitrogens with zero attached hydrogens (tertiary/aromatic N) is 2. The number of sulfonamides is 1. The highest BCUT2D eigenvalue weighted by molar-refractivity contribution is 7.89. The zero-order chi connectivity index (χ0) is 19.6. The lowest BCUT2D eigenvalue weighted by Crippen LogP contribution is -2.41. The Labute approximate surface area is 156 Å². The lowest BCUT2D eigenvalue weighted by molar-refractivity contribution is -0.385. The maximum Gasteiger partial charge on any atom is 0.273 e. The lowest BCUT2D eigenvalue weighted by Gasteiger charge is -2.29. The van der Waals surface area contributed by atoms with E-state index in [1.807, 2.05) is 6.07 Å². The third kappa shape index (κ3) is 3.81. The maximum absolute atomic E-state index is 12.9. The van der Waals surface area contributed by atoms with Crippen LogP contribution in [0.2, 0.25) is 0 Å². The van der Waals surface area contributed by atoms with E-state index in [-0.39, 0.29) is 29.5 Å². The monoisotopic (exact) mass is 394 g/mol. The van der Waals surface area contributed by atoms with Crippen molar-refractivity contribution in [2.45, 2.75) is 11.0 Å². The minimum absolute atomic E-state index is 0.0385. The Hall–Kier alpha value is -2.85. The molecule has 0 aliphatic carbocycles. The van der Waals surface area contributed by atoms with Crippen LogP contribution in [-0.4, -0.2) is 51.1 Å². The summed E-state index contributed by atoms with van der Waals surface area (Å²) in [5.74, 6) is 1.06. The Kier molecular flexibility index (Phi) is 5.19. The van der Waals surface area contributed by atoms with Crippen LogP contribution in [0.4, 0.5) is 5.69 Å². The summed E-state index contributed by atoms with van der Waals surface area (Å²) >= 11 is 0. The molecule has 144 valence electrons. The molecule has 0 saturated carbocycles. The van der Waals surface area contributed by atoms with Crippen LogP contribution < -0.4 is 14.2 Å². The molecule has 0 saturated heterocycles. The normalized spacial score (nSPS) is 16.2. The standard InChI is InChI=1S/C17H18N2O7S/c1-18(10-13-11-25-14-5-3-4-6-15(14)26-13)27(22,23)17-8-7-12(19(20)21)9-16(17)24-2/h3-9,13H,10-11H2,1-2H3. The number of fused-ring (bicyclic) bond motifs is 1. The molecule has 1 atom stereocenters. The number of hydrogen-bond donors (Lipinski definition) is 0. The number of hydrogen-bond acceptors (Lipinski definition) is 7. The Bertz CT molecular complexity index is 962. The number of para-hydroxylation sites is 2. The summed E-state index contributed by atoms with van der Waals surface area (Å²) in [7, 11) is -1.29. The molecular formula is C17H18N2O7S. The largest absolute Gasteiger partial charge is 0.495 e. The summed E-state index contributed by atoms with van der Waals surface area (Å²) in [6, 6.07) is 10.5. The van der Waals surface area contributed by atoms with Crippen LogP contribution in [-0.2, 0) is 10.0 Å². The van der Waals surface area contributed by atoms with Crippen molar-refractivity contribution in [2.24, 2.45) is 0 Å². The second kappa shape index (κ2) is 7.41. The minimum Gasteiger partial charge on any atom is -0.495 e. The van der Waals surface area contributed by atoms with Gasteiger partial charge in [-0.05, 0) is 18.2 Å². The van der Waals surface area contributed by atoms with E-state index < -0.39 is 21.1 Å². The van der Waals surface area contributed by atoms with Crippen LogP contribution in [0, 0.1) is 10.1 Å². The fourth-order valence-electron chi connectivity index (χ4n) is 2.69. The summed E-state index contributed by atoms with van der Waals surface area (Å²) in [4.78, 5) is 10.1. The summed E-state index contributed by atoms with van der Waals surface area (Å²) in [6.07, 6.45) is -0.497. The van der Waals surface area contributed by atoms with Crippen molar-refractivity contribution in [1.29, 1.82) is 0 Å². The molecular weight excluding hydrogens is 376 g/mol. The van der Waals surface area contributed by atoms with Crippen LogP contribution in [0.25, 0.3) is 0 Å². The molecule has 0 aromatic heterocycles. The Morgan fingerprint density at radius 2 is 1.96 bits per heavy atom. The van der Waals surface area contributed by atoms with Crippen LogP contribution in [0.15, 0.2) is 47.4 Å². The molecule has 1 heterocycles. The van der Waals surface area contributed by atoms with E-state index in [2.05, 4.69) is 0 Å². The van der Waals surface area contributed by atoms with Crippen molar-refractivity contribution < 1.29 is 27.6 Å². The highest BCUT2D eigenvalue weighted by Gasteiger charge is 2.30. The van der Waals surface area contributed by atoms with Crippen molar-refractivity contribution in [2.75, 3.05) is 27.3 Å². The zero-order valence-corrected chi connectivity index (χ0v) is 15.5. The molecule has 0 radical (unpaired) electrons. The number of methoxy groups -OCH3 is 1. The number of non-ortho nitro benzene ring substituents is 1. The number of likely N-dealkylation sites (N-methyl/N-ethyl adjacent to an activating group) is 1. The first-order chi connectivity index (χ1) is 12.8. The molecule has 0 bridgehead atoms. The van der Waals surface area contributed by atoms with Gasteiger partial charge in [-0.3, -0.25) is 10.1 Å². The van der Waals surface area contributed by atoms with Gasteiger partial charge in [0.1, 0.15) is 23.4 Å². The molecule has 9 nitrogen and oxygen atoms in total.